The van der Waals surface area contributed by atoms with Gasteiger partial charge in [-0.25, -0.2) is 4.79 Å². The molecule has 4 heteroatoms. The minimum Gasteiger partial charge on any atom is -0.496 e. The van der Waals surface area contributed by atoms with Gasteiger partial charge in [0.1, 0.15) is 11.3 Å². The predicted octanol–water partition coefficient (Wildman–Crippen LogP) is 1.44. The van der Waals surface area contributed by atoms with Crippen LogP contribution in [0.15, 0.2) is 12.3 Å². The van der Waals surface area contributed by atoms with Crippen LogP contribution in [0.3, 0.4) is 0 Å². The smallest absolute Gasteiger partial charge is 0.343 e. The zero-order valence-corrected chi connectivity index (χ0v) is 8.53. The van der Waals surface area contributed by atoms with Crippen LogP contribution in [-0.4, -0.2) is 25.2 Å². The standard InChI is InChI=1S/C10H13NO3/c1-4-7-9(10(12)14-3)8(13-2)5-6-11-7/h5-6H,4H2,1-3H3. The molecular weight excluding hydrogens is 182 g/mol. The summed E-state index contributed by atoms with van der Waals surface area (Å²) in [4.78, 5) is 15.5. The second-order valence-electron chi connectivity index (χ2n) is 2.68. The molecule has 0 N–H and O–H groups in total. The zero-order chi connectivity index (χ0) is 10.6. The summed E-state index contributed by atoms with van der Waals surface area (Å²) in [6, 6.07) is 1.64. The normalized spacial score (nSPS) is 9.64. The lowest BCUT2D eigenvalue weighted by molar-refractivity contribution is 0.0595. The van der Waals surface area contributed by atoms with E-state index in [1.165, 1.54) is 14.2 Å². The van der Waals surface area contributed by atoms with Gasteiger partial charge >= 0.3 is 5.97 Å². The summed E-state index contributed by atoms with van der Waals surface area (Å²) in [5.74, 6) is 0.0931. The number of pyridine rings is 1. The van der Waals surface area contributed by atoms with Crippen molar-refractivity contribution in [1.29, 1.82) is 0 Å². The molecule has 1 rings (SSSR count). The van der Waals surface area contributed by atoms with Crippen LogP contribution in [-0.2, 0) is 11.2 Å². The highest BCUT2D eigenvalue weighted by molar-refractivity contribution is 5.93. The Hall–Kier alpha value is -1.58. The Morgan fingerprint density at radius 1 is 1.50 bits per heavy atom. The van der Waals surface area contributed by atoms with Gasteiger partial charge in [0.15, 0.2) is 0 Å². The van der Waals surface area contributed by atoms with Crippen molar-refractivity contribution < 1.29 is 14.3 Å². The van der Waals surface area contributed by atoms with Gasteiger partial charge in [0.05, 0.1) is 19.9 Å². The Kier molecular flexibility index (Phi) is 3.45. The lowest BCUT2D eigenvalue weighted by atomic mass is 10.1. The molecule has 1 heterocycles. The highest BCUT2D eigenvalue weighted by Crippen LogP contribution is 2.21. The van der Waals surface area contributed by atoms with Crippen LogP contribution in [0.4, 0.5) is 0 Å². The van der Waals surface area contributed by atoms with E-state index in [9.17, 15) is 4.79 Å². The van der Waals surface area contributed by atoms with Gasteiger partial charge in [-0.3, -0.25) is 4.98 Å². The summed E-state index contributed by atoms with van der Waals surface area (Å²) in [5.41, 5.74) is 1.11. The number of rotatable bonds is 3. The van der Waals surface area contributed by atoms with Crippen LogP contribution in [0.1, 0.15) is 23.0 Å². The van der Waals surface area contributed by atoms with E-state index in [0.29, 0.717) is 23.4 Å². The summed E-state index contributed by atoms with van der Waals surface area (Å²) < 4.78 is 9.73. The minimum absolute atomic E-state index is 0.410. The quantitative estimate of drug-likeness (QED) is 0.685. The first-order chi connectivity index (χ1) is 6.74. The van der Waals surface area contributed by atoms with E-state index < -0.39 is 5.97 Å². The molecule has 1 aromatic heterocycles. The third kappa shape index (κ3) is 1.84. The Morgan fingerprint density at radius 3 is 2.71 bits per heavy atom. The Balaban J connectivity index is 3.25. The summed E-state index contributed by atoms with van der Waals surface area (Å²) in [6.45, 7) is 1.92. The van der Waals surface area contributed by atoms with E-state index in [-0.39, 0.29) is 0 Å². The van der Waals surface area contributed by atoms with Gasteiger partial charge in [-0.05, 0) is 12.5 Å². The fourth-order valence-corrected chi connectivity index (χ4v) is 1.24. The summed E-state index contributed by atoms with van der Waals surface area (Å²) in [6.07, 6.45) is 2.28. The molecule has 0 amide bonds. The van der Waals surface area contributed by atoms with Crippen LogP contribution < -0.4 is 4.74 Å². The summed E-state index contributed by atoms with van der Waals surface area (Å²) in [7, 11) is 2.86. The second-order valence-corrected chi connectivity index (χ2v) is 2.68. The molecule has 76 valence electrons. The molecule has 0 atom stereocenters. The van der Waals surface area contributed by atoms with Crippen LogP contribution in [0, 0.1) is 0 Å². The lowest BCUT2D eigenvalue weighted by Gasteiger charge is -2.09. The topological polar surface area (TPSA) is 48.4 Å². The molecule has 0 aliphatic carbocycles. The van der Waals surface area contributed by atoms with E-state index in [0.717, 1.165) is 0 Å². The van der Waals surface area contributed by atoms with Crippen molar-refractivity contribution in [2.45, 2.75) is 13.3 Å². The largest absolute Gasteiger partial charge is 0.496 e. The molecule has 4 nitrogen and oxygen atoms in total. The zero-order valence-electron chi connectivity index (χ0n) is 8.53. The third-order valence-electron chi connectivity index (χ3n) is 1.94. The molecule has 0 fully saturated rings. The van der Waals surface area contributed by atoms with Gasteiger partial charge in [-0.1, -0.05) is 6.92 Å². The van der Waals surface area contributed by atoms with Gasteiger partial charge in [0.25, 0.3) is 0 Å². The molecule has 0 unspecified atom stereocenters. The molecule has 1 aromatic rings. The van der Waals surface area contributed by atoms with Gasteiger partial charge in [-0.2, -0.15) is 0 Å². The number of carbonyl (C=O) groups excluding carboxylic acids is 1. The monoisotopic (exact) mass is 195 g/mol. The number of aromatic nitrogens is 1. The number of ether oxygens (including phenoxy) is 2. The van der Waals surface area contributed by atoms with Gasteiger partial charge in [0.2, 0.25) is 0 Å². The first kappa shape index (κ1) is 10.5. The van der Waals surface area contributed by atoms with Crippen LogP contribution >= 0.6 is 0 Å². The number of methoxy groups -OCH3 is 2. The lowest BCUT2D eigenvalue weighted by Crippen LogP contribution is -2.09. The van der Waals surface area contributed by atoms with Gasteiger partial charge in [0, 0.05) is 6.20 Å². The predicted molar refractivity (Wildman–Crippen MR) is 51.5 cm³/mol. The van der Waals surface area contributed by atoms with E-state index in [4.69, 9.17) is 4.74 Å². The number of carbonyl (C=O) groups is 1. The fraction of sp³-hybridized carbons (Fsp3) is 0.400. The first-order valence-electron chi connectivity index (χ1n) is 4.34. The van der Waals surface area contributed by atoms with Crippen molar-refractivity contribution in [3.63, 3.8) is 0 Å². The van der Waals surface area contributed by atoms with Crippen molar-refractivity contribution in [2.75, 3.05) is 14.2 Å². The Labute approximate surface area is 82.9 Å². The molecule has 14 heavy (non-hydrogen) atoms. The maximum atomic E-state index is 11.4. The molecule has 0 saturated carbocycles. The van der Waals surface area contributed by atoms with E-state index in [2.05, 4.69) is 9.72 Å². The van der Waals surface area contributed by atoms with E-state index in [1.54, 1.807) is 12.3 Å². The number of hydrogen-bond donors (Lipinski definition) is 0. The average Bonchev–Trinajstić information content (AvgIpc) is 2.26. The SMILES string of the molecule is CCc1nccc(OC)c1C(=O)OC. The van der Waals surface area contributed by atoms with Crippen molar-refractivity contribution >= 4 is 5.97 Å². The van der Waals surface area contributed by atoms with E-state index in [1.807, 2.05) is 6.92 Å². The molecule has 0 bridgehead atoms. The molecular formula is C10H13NO3. The molecule has 0 spiro atoms. The second kappa shape index (κ2) is 4.60. The summed E-state index contributed by atoms with van der Waals surface area (Å²) in [5, 5.41) is 0. The third-order valence-corrected chi connectivity index (χ3v) is 1.94. The van der Waals surface area contributed by atoms with E-state index >= 15 is 0 Å². The highest BCUT2D eigenvalue weighted by atomic mass is 16.5. The fourth-order valence-electron chi connectivity index (χ4n) is 1.24. The Morgan fingerprint density at radius 2 is 2.21 bits per heavy atom. The molecule has 0 aliphatic rings. The highest BCUT2D eigenvalue weighted by Gasteiger charge is 2.17. The number of aryl methyl sites for hydroxylation is 1. The van der Waals surface area contributed by atoms with Gasteiger partial charge in [-0.15, -0.1) is 0 Å². The molecule has 0 saturated heterocycles. The molecule has 0 radical (unpaired) electrons. The molecule has 0 aromatic carbocycles. The van der Waals surface area contributed by atoms with Crippen molar-refractivity contribution in [2.24, 2.45) is 0 Å². The van der Waals surface area contributed by atoms with Crippen molar-refractivity contribution in [1.82, 2.24) is 4.98 Å². The van der Waals surface area contributed by atoms with Crippen LogP contribution in [0.5, 0.6) is 5.75 Å². The van der Waals surface area contributed by atoms with Crippen molar-refractivity contribution in [3.8, 4) is 5.75 Å². The Bertz CT molecular complexity index is 314. The maximum absolute atomic E-state index is 11.4. The average molecular weight is 195 g/mol. The van der Waals surface area contributed by atoms with Gasteiger partial charge < -0.3 is 9.47 Å². The number of nitrogens with zero attached hydrogens (tertiary/aromatic N) is 1. The first-order valence-corrected chi connectivity index (χ1v) is 4.34. The number of hydrogen-bond acceptors (Lipinski definition) is 4. The summed E-state index contributed by atoms with van der Waals surface area (Å²) >= 11 is 0. The molecule has 0 aliphatic heterocycles. The van der Waals surface area contributed by atoms with Crippen LogP contribution in [0.2, 0.25) is 0 Å². The van der Waals surface area contributed by atoms with Crippen LogP contribution in [0.25, 0.3) is 0 Å². The minimum atomic E-state index is -0.410. The van der Waals surface area contributed by atoms with Crippen molar-refractivity contribution in [3.05, 3.63) is 23.5 Å². The number of esters is 1. The maximum Gasteiger partial charge on any atom is 0.343 e.